The minimum absolute atomic E-state index is 0.00711. The Labute approximate surface area is 163 Å². The Kier molecular flexibility index (Phi) is 6.20. The van der Waals surface area contributed by atoms with Crippen LogP contribution in [0.1, 0.15) is 67.0 Å². The number of aryl methyl sites for hydroxylation is 4. The molecule has 0 heterocycles. The molecule has 0 aliphatic heterocycles. The van der Waals surface area contributed by atoms with Gasteiger partial charge in [0.15, 0.2) is 6.10 Å². The Morgan fingerprint density at radius 2 is 1.81 bits per heavy atom. The van der Waals surface area contributed by atoms with E-state index in [4.69, 9.17) is 4.74 Å². The first kappa shape index (κ1) is 19.5. The van der Waals surface area contributed by atoms with Crippen LogP contribution in [0.25, 0.3) is 0 Å². The highest BCUT2D eigenvalue weighted by molar-refractivity contribution is 5.81. The first-order valence-corrected chi connectivity index (χ1v) is 10.1. The van der Waals surface area contributed by atoms with E-state index in [1.165, 1.54) is 40.7 Å². The van der Waals surface area contributed by atoms with E-state index in [1.54, 1.807) is 0 Å². The zero-order valence-electron chi connectivity index (χ0n) is 17.0. The van der Waals surface area contributed by atoms with Gasteiger partial charge >= 0.3 is 0 Å². The van der Waals surface area contributed by atoms with E-state index >= 15 is 0 Å². The molecule has 3 rings (SSSR count). The number of ether oxygens (including phenoxy) is 1. The number of carbonyl (C=O) groups is 1. The molecule has 0 radical (unpaired) electrons. The molecule has 3 nitrogen and oxygen atoms in total. The van der Waals surface area contributed by atoms with Crippen LogP contribution in [0.4, 0.5) is 0 Å². The summed E-state index contributed by atoms with van der Waals surface area (Å²) in [5.74, 6) is 0.720. The lowest BCUT2D eigenvalue weighted by molar-refractivity contribution is -0.128. The van der Waals surface area contributed by atoms with E-state index in [1.807, 2.05) is 13.0 Å². The van der Waals surface area contributed by atoms with E-state index in [-0.39, 0.29) is 11.9 Å². The van der Waals surface area contributed by atoms with Crippen molar-refractivity contribution in [1.29, 1.82) is 0 Å². The van der Waals surface area contributed by atoms with E-state index in [9.17, 15) is 4.79 Å². The quantitative estimate of drug-likeness (QED) is 0.762. The van der Waals surface area contributed by atoms with Crippen LogP contribution in [0.3, 0.4) is 0 Å². The van der Waals surface area contributed by atoms with Crippen molar-refractivity contribution in [3.63, 3.8) is 0 Å². The van der Waals surface area contributed by atoms with Crippen LogP contribution in [0.15, 0.2) is 36.4 Å². The topological polar surface area (TPSA) is 38.3 Å². The summed E-state index contributed by atoms with van der Waals surface area (Å²) in [6.45, 7) is 8.11. The molecule has 144 valence electrons. The third-order valence-corrected chi connectivity index (χ3v) is 5.53. The van der Waals surface area contributed by atoms with Crippen LogP contribution in [-0.4, -0.2) is 12.0 Å². The van der Waals surface area contributed by atoms with Crippen molar-refractivity contribution in [2.45, 2.75) is 71.9 Å². The predicted molar refractivity (Wildman–Crippen MR) is 110 cm³/mol. The fraction of sp³-hybridized carbons (Fsp3) is 0.458. The first-order chi connectivity index (χ1) is 13.0. The molecule has 1 amide bonds. The summed E-state index contributed by atoms with van der Waals surface area (Å²) < 4.78 is 5.96. The van der Waals surface area contributed by atoms with Gasteiger partial charge in [0, 0.05) is 0 Å². The highest BCUT2D eigenvalue weighted by Gasteiger charge is 2.21. The Balaban J connectivity index is 1.65. The van der Waals surface area contributed by atoms with Gasteiger partial charge in [0.1, 0.15) is 5.75 Å². The molecule has 1 N–H and O–H groups in total. The van der Waals surface area contributed by atoms with E-state index in [0.717, 1.165) is 25.0 Å². The summed E-state index contributed by atoms with van der Waals surface area (Å²) in [4.78, 5) is 12.7. The monoisotopic (exact) mass is 365 g/mol. The smallest absolute Gasteiger partial charge is 0.261 e. The van der Waals surface area contributed by atoms with Gasteiger partial charge in [0.2, 0.25) is 0 Å². The number of fused-ring (bicyclic) bond motifs is 1. The standard InChI is InChI=1S/C24H31NO2/c1-5-23(22-13-10-16(2)14-17(22)3)25-24(26)18(4)27-21-12-11-19-8-6-7-9-20(19)15-21/h10-15,18,23H,5-9H2,1-4H3,(H,25,26)/t18-,23-/m1/s1. The summed E-state index contributed by atoms with van der Waals surface area (Å²) in [6.07, 6.45) is 5.09. The Bertz CT molecular complexity index is 812. The van der Waals surface area contributed by atoms with Crippen LogP contribution in [0, 0.1) is 13.8 Å². The Hall–Kier alpha value is -2.29. The zero-order valence-corrected chi connectivity index (χ0v) is 17.0. The van der Waals surface area contributed by atoms with Crippen LogP contribution in [0.5, 0.6) is 5.75 Å². The molecular formula is C24H31NO2. The van der Waals surface area contributed by atoms with E-state index in [0.29, 0.717) is 0 Å². The van der Waals surface area contributed by atoms with Gasteiger partial charge in [-0.3, -0.25) is 4.79 Å². The van der Waals surface area contributed by atoms with Crippen molar-refractivity contribution in [3.8, 4) is 5.75 Å². The number of hydrogen-bond donors (Lipinski definition) is 1. The number of benzene rings is 2. The third kappa shape index (κ3) is 4.71. The SMILES string of the molecule is CC[C@@H](NC(=O)[C@@H](C)Oc1ccc2c(c1)CCCC2)c1ccc(C)cc1C. The normalized spacial score (nSPS) is 15.6. The van der Waals surface area contributed by atoms with Crippen molar-refractivity contribution >= 4 is 5.91 Å². The lowest BCUT2D eigenvalue weighted by Gasteiger charge is -2.23. The molecule has 3 heteroatoms. The summed E-state index contributed by atoms with van der Waals surface area (Å²) >= 11 is 0. The van der Waals surface area contributed by atoms with Gasteiger partial charge in [0.25, 0.3) is 5.91 Å². The fourth-order valence-corrected chi connectivity index (χ4v) is 3.95. The molecule has 0 saturated heterocycles. The average molecular weight is 366 g/mol. The summed E-state index contributed by atoms with van der Waals surface area (Å²) in [5.41, 5.74) is 6.42. The molecule has 27 heavy (non-hydrogen) atoms. The minimum Gasteiger partial charge on any atom is -0.481 e. The lowest BCUT2D eigenvalue weighted by atomic mass is 9.92. The van der Waals surface area contributed by atoms with Crippen molar-refractivity contribution in [2.75, 3.05) is 0 Å². The molecular weight excluding hydrogens is 334 g/mol. The van der Waals surface area contributed by atoms with Gasteiger partial charge in [-0.2, -0.15) is 0 Å². The molecule has 2 aromatic carbocycles. The molecule has 0 saturated carbocycles. The van der Waals surface area contributed by atoms with Gasteiger partial charge in [-0.25, -0.2) is 0 Å². The first-order valence-electron chi connectivity index (χ1n) is 10.1. The Morgan fingerprint density at radius 3 is 2.52 bits per heavy atom. The molecule has 0 bridgehead atoms. The average Bonchev–Trinajstić information content (AvgIpc) is 2.66. The number of nitrogens with one attached hydrogen (secondary N) is 1. The fourth-order valence-electron chi connectivity index (χ4n) is 3.95. The minimum atomic E-state index is -0.522. The molecule has 0 fully saturated rings. The van der Waals surface area contributed by atoms with Gasteiger partial charge < -0.3 is 10.1 Å². The van der Waals surface area contributed by atoms with Crippen molar-refractivity contribution in [2.24, 2.45) is 0 Å². The summed E-state index contributed by atoms with van der Waals surface area (Å²) in [5, 5.41) is 3.16. The maximum Gasteiger partial charge on any atom is 0.261 e. The van der Waals surface area contributed by atoms with Crippen molar-refractivity contribution in [3.05, 3.63) is 64.2 Å². The summed E-state index contributed by atoms with van der Waals surface area (Å²) in [6, 6.07) is 12.6. The Morgan fingerprint density at radius 1 is 1.07 bits per heavy atom. The van der Waals surface area contributed by atoms with E-state index < -0.39 is 6.10 Å². The van der Waals surface area contributed by atoms with Crippen LogP contribution < -0.4 is 10.1 Å². The maximum absolute atomic E-state index is 12.7. The van der Waals surface area contributed by atoms with Gasteiger partial charge in [-0.15, -0.1) is 0 Å². The summed E-state index contributed by atoms with van der Waals surface area (Å²) in [7, 11) is 0. The van der Waals surface area contributed by atoms with Gasteiger partial charge in [-0.05, 0) is 87.3 Å². The zero-order chi connectivity index (χ0) is 19.4. The second kappa shape index (κ2) is 8.60. The molecule has 1 aliphatic rings. The molecule has 1 aliphatic carbocycles. The largest absolute Gasteiger partial charge is 0.481 e. The predicted octanol–water partition coefficient (Wildman–Crippen LogP) is 5.22. The highest BCUT2D eigenvalue weighted by atomic mass is 16.5. The number of rotatable bonds is 6. The van der Waals surface area contributed by atoms with Crippen LogP contribution in [0.2, 0.25) is 0 Å². The molecule has 2 aromatic rings. The molecule has 0 spiro atoms. The van der Waals surface area contributed by atoms with Crippen LogP contribution in [-0.2, 0) is 17.6 Å². The maximum atomic E-state index is 12.7. The second-order valence-electron chi connectivity index (χ2n) is 7.73. The molecule has 0 aromatic heterocycles. The lowest BCUT2D eigenvalue weighted by Crippen LogP contribution is -2.38. The second-order valence-corrected chi connectivity index (χ2v) is 7.73. The van der Waals surface area contributed by atoms with Crippen molar-refractivity contribution < 1.29 is 9.53 Å². The molecule has 2 atom stereocenters. The number of carbonyl (C=O) groups excluding carboxylic acids is 1. The highest BCUT2D eigenvalue weighted by Crippen LogP contribution is 2.26. The van der Waals surface area contributed by atoms with Crippen molar-refractivity contribution in [1.82, 2.24) is 5.32 Å². The van der Waals surface area contributed by atoms with Crippen LogP contribution >= 0.6 is 0 Å². The molecule has 0 unspecified atom stereocenters. The van der Waals surface area contributed by atoms with E-state index in [2.05, 4.69) is 56.4 Å². The van der Waals surface area contributed by atoms with Gasteiger partial charge in [-0.1, -0.05) is 36.8 Å². The number of amides is 1. The van der Waals surface area contributed by atoms with Gasteiger partial charge in [0.05, 0.1) is 6.04 Å². The third-order valence-electron chi connectivity index (χ3n) is 5.53. The number of hydrogen-bond acceptors (Lipinski definition) is 2.